The Morgan fingerprint density at radius 3 is 1.44 bits per heavy atom. The van der Waals surface area contributed by atoms with E-state index >= 15 is 0 Å². The molecule has 0 amide bonds. The van der Waals surface area contributed by atoms with Crippen LogP contribution in [0.3, 0.4) is 0 Å². The Balaban J connectivity index is 1.16. The zero-order valence-corrected chi connectivity index (χ0v) is 28.1. The van der Waals surface area contributed by atoms with Gasteiger partial charge in [-0.25, -0.2) is 9.97 Å². The van der Waals surface area contributed by atoms with Crippen molar-refractivity contribution in [2.75, 3.05) is 22.9 Å². The lowest BCUT2D eigenvalue weighted by atomic mass is 9.84. The van der Waals surface area contributed by atoms with Gasteiger partial charge in [0.25, 0.3) is 0 Å². The third kappa shape index (κ3) is 4.77. The molecule has 4 heterocycles. The van der Waals surface area contributed by atoms with Crippen LogP contribution in [-0.4, -0.2) is 34.9 Å². The van der Waals surface area contributed by atoms with E-state index in [1.54, 1.807) is 0 Å². The molecular formula is C39H36N10O. The lowest BCUT2D eigenvalue weighted by Gasteiger charge is -2.19. The molecule has 2 unspecified atom stereocenters. The summed E-state index contributed by atoms with van der Waals surface area (Å²) in [5, 5.41) is 3.43. The molecule has 0 aliphatic heterocycles. The van der Waals surface area contributed by atoms with Crippen LogP contribution in [0, 0.1) is 0 Å². The molecule has 0 fully saturated rings. The minimum Gasteiger partial charge on any atom is -0.383 e. The van der Waals surface area contributed by atoms with Gasteiger partial charge in [0, 0.05) is 60.2 Å². The highest BCUT2D eigenvalue weighted by atomic mass is 16.1. The van der Waals surface area contributed by atoms with Gasteiger partial charge in [0.2, 0.25) is 11.9 Å². The Kier molecular flexibility index (Phi) is 6.97. The number of carbonyl (C=O) groups excluding carboxylic acids is 1. The molecule has 4 aromatic heterocycles. The minimum atomic E-state index is -0.366. The number of benzene rings is 4. The van der Waals surface area contributed by atoms with Crippen LogP contribution in [0.25, 0.3) is 65.9 Å². The molecule has 4 aromatic carbocycles. The third-order valence-electron chi connectivity index (χ3n) is 9.97. The van der Waals surface area contributed by atoms with E-state index in [1.165, 1.54) is 0 Å². The van der Waals surface area contributed by atoms with E-state index in [-0.39, 0.29) is 29.5 Å². The highest BCUT2D eigenvalue weighted by molar-refractivity contribution is 6.16. The molecule has 11 heteroatoms. The fraction of sp³-hybridized carbons (Fsp3) is 0.154. The summed E-state index contributed by atoms with van der Waals surface area (Å²) in [6.45, 7) is 3.94. The number of rotatable bonds is 6. The van der Waals surface area contributed by atoms with Crippen LogP contribution in [-0.2, 0) is 18.9 Å². The van der Waals surface area contributed by atoms with Crippen LogP contribution >= 0.6 is 0 Å². The van der Waals surface area contributed by atoms with Crippen LogP contribution in [0.1, 0.15) is 36.8 Å². The summed E-state index contributed by atoms with van der Waals surface area (Å²) in [4.78, 5) is 31.6. The van der Waals surface area contributed by atoms with Gasteiger partial charge in [0.15, 0.2) is 0 Å². The molecule has 8 N–H and O–H groups in total. The largest absolute Gasteiger partial charge is 0.383 e. The quantitative estimate of drug-likeness (QED) is 0.151. The molecule has 8 rings (SSSR count). The van der Waals surface area contributed by atoms with Gasteiger partial charge in [0.05, 0.1) is 32.8 Å². The molecule has 11 nitrogen and oxygen atoms in total. The summed E-state index contributed by atoms with van der Waals surface area (Å²) in [6, 6.07) is 24.3. The number of hydrogen-bond donors (Lipinski definition) is 4. The highest BCUT2D eigenvalue weighted by Crippen LogP contribution is 2.40. The van der Waals surface area contributed by atoms with Gasteiger partial charge in [-0.3, -0.25) is 4.79 Å². The zero-order valence-electron chi connectivity index (χ0n) is 28.1. The van der Waals surface area contributed by atoms with Crippen molar-refractivity contribution in [3.63, 3.8) is 0 Å². The van der Waals surface area contributed by atoms with Crippen molar-refractivity contribution < 1.29 is 4.79 Å². The molecule has 0 aliphatic carbocycles. The number of ketones is 1. The van der Waals surface area contributed by atoms with Crippen molar-refractivity contribution in [3.05, 3.63) is 96.3 Å². The maximum atomic E-state index is 14.2. The van der Waals surface area contributed by atoms with E-state index < -0.39 is 0 Å². The Morgan fingerprint density at radius 1 is 0.600 bits per heavy atom. The Hall–Kier alpha value is -6.49. The van der Waals surface area contributed by atoms with Gasteiger partial charge in [-0.05, 0) is 46.5 Å². The van der Waals surface area contributed by atoms with E-state index in [0.717, 1.165) is 66.0 Å². The molecule has 0 saturated heterocycles. The van der Waals surface area contributed by atoms with Crippen molar-refractivity contribution in [2.45, 2.75) is 25.7 Å². The number of aryl methyl sites for hydroxylation is 2. The molecule has 8 aromatic rings. The van der Waals surface area contributed by atoms with Crippen LogP contribution in [0.5, 0.6) is 0 Å². The summed E-state index contributed by atoms with van der Waals surface area (Å²) in [5.41, 5.74) is 33.6. The number of nitrogens with two attached hydrogens (primary N) is 4. The molecule has 0 radical (unpaired) electrons. The summed E-state index contributed by atoms with van der Waals surface area (Å²) in [7, 11) is 3.99. The number of aromatic nitrogens is 6. The van der Waals surface area contributed by atoms with E-state index in [2.05, 4.69) is 53.3 Å². The Morgan fingerprint density at radius 2 is 1.02 bits per heavy atom. The average molecular weight is 661 g/mol. The Labute approximate surface area is 287 Å². The molecule has 248 valence electrons. The summed E-state index contributed by atoms with van der Waals surface area (Å²) in [6.07, 6.45) is 3.99. The van der Waals surface area contributed by atoms with Crippen LogP contribution in [0.2, 0.25) is 0 Å². The molecule has 2 atom stereocenters. The predicted octanol–water partition coefficient (Wildman–Crippen LogP) is 6.70. The molecule has 0 aliphatic rings. The topological polar surface area (TPSA) is 183 Å². The summed E-state index contributed by atoms with van der Waals surface area (Å²) >= 11 is 0. The standard InChI is InChI=1S/C39H36N10O/c1-19(21-7-5-9-23(15-21)27-17-29-31(36(40)46-38(42)44-29)25-11-13-48(3)33(25)27)35(50)20(2)22-8-6-10-24(16-22)28-18-30-32(37(41)47-39(43)45-30)26-12-14-49(4)34(26)28/h5-20H,1-4H3,(H4,40,42,44,46)(H4,41,43,45,47). The molecule has 0 saturated carbocycles. The number of nitrogen functional groups attached to an aromatic ring is 4. The van der Waals surface area contributed by atoms with E-state index in [1.807, 2.05) is 88.9 Å². The lowest BCUT2D eigenvalue weighted by molar-refractivity contribution is -0.121. The second kappa shape index (κ2) is 11.3. The first-order valence-corrected chi connectivity index (χ1v) is 16.4. The maximum absolute atomic E-state index is 14.2. The molecular weight excluding hydrogens is 624 g/mol. The monoisotopic (exact) mass is 660 g/mol. The number of hydrogen-bond acceptors (Lipinski definition) is 9. The maximum Gasteiger partial charge on any atom is 0.222 e. The summed E-state index contributed by atoms with van der Waals surface area (Å²) < 4.78 is 4.12. The van der Waals surface area contributed by atoms with Gasteiger partial charge in [0.1, 0.15) is 17.4 Å². The van der Waals surface area contributed by atoms with Gasteiger partial charge in [-0.15, -0.1) is 0 Å². The molecule has 0 bridgehead atoms. The Bertz CT molecular complexity index is 2510. The number of fused-ring (bicyclic) bond motifs is 6. The first-order chi connectivity index (χ1) is 24.0. The SMILES string of the molecule is CC(C(=O)C(C)c1cccc(-c2cc3nc(N)nc(N)c3c3ccn(C)c23)c1)c1cccc(-c2cc3nc(N)nc(N)c3c3ccn(C)c23)c1. The van der Waals surface area contributed by atoms with Crippen molar-refractivity contribution in [2.24, 2.45) is 14.1 Å². The number of carbonyl (C=O) groups is 1. The summed E-state index contributed by atoms with van der Waals surface area (Å²) in [5.74, 6) is 0.324. The number of Topliss-reactive ketones (excluding diaryl/α,β-unsaturated/α-hetero) is 1. The van der Waals surface area contributed by atoms with E-state index in [9.17, 15) is 4.79 Å². The number of nitrogens with zero attached hydrogens (tertiary/aromatic N) is 6. The van der Waals surface area contributed by atoms with Crippen molar-refractivity contribution >= 4 is 72.9 Å². The first kappa shape index (κ1) is 30.8. The minimum absolute atomic E-state index is 0.117. The van der Waals surface area contributed by atoms with Gasteiger partial charge >= 0.3 is 0 Å². The smallest absolute Gasteiger partial charge is 0.222 e. The molecule has 50 heavy (non-hydrogen) atoms. The third-order valence-corrected chi connectivity index (χ3v) is 9.97. The van der Waals surface area contributed by atoms with Crippen LogP contribution < -0.4 is 22.9 Å². The lowest BCUT2D eigenvalue weighted by Crippen LogP contribution is -2.16. The molecule has 0 spiro atoms. The fourth-order valence-electron chi connectivity index (χ4n) is 7.43. The van der Waals surface area contributed by atoms with E-state index in [4.69, 9.17) is 22.9 Å². The van der Waals surface area contributed by atoms with Crippen molar-refractivity contribution in [1.29, 1.82) is 0 Å². The fourth-order valence-corrected chi connectivity index (χ4v) is 7.43. The average Bonchev–Trinajstić information content (AvgIpc) is 3.68. The van der Waals surface area contributed by atoms with Gasteiger partial charge < -0.3 is 32.1 Å². The van der Waals surface area contributed by atoms with Crippen LogP contribution in [0.4, 0.5) is 23.5 Å². The first-order valence-electron chi connectivity index (χ1n) is 16.4. The number of anilines is 4. The second-order valence-corrected chi connectivity index (χ2v) is 13.0. The van der Waals surface area contributed by atoms with Gasteiger partial charge in [-0.2, -0.15) is 9.97 Å². The van der Waals surface area contributed by atoms with E-state index in [0.29, 0.717) is 22.7 Å². The van der Waals surface area contributed by atoms with Crippen LogP contribution in [0.15, 0.2) is 85.2 Å². The second-order valence-electron chi connectivity index (χ2n) is 13.0. The highest BCUT2D eigenvalue weighted by Gasteiger charge is 2.25. The normalized spacial score (nSPS) is 13.0. The van der Waals surface area contributed by atoms with Crippen molar-refractivity contribution in [3.8, 4) is 22.3 Å². The van der Waals surface area contributed by atoms with Crippen molar-refractivity contribution in [1.82, 2.24) is 29.1 Å². The van der Waals surface area contributed by atoms with Gasteiger partial charge in [-0.1, -0.05) is 62.4 Å². The zero-order chi connectivity index (χ0) is 35.0. The predicted molar refractivity (Wildman–Crippen MR) is 202 cm³/mol.